The molecule has 1 aromatic heterocycles. The number of nitrogens with zero attached hydrogens (tertiary/aromatic N) is 2. The van der Waals surface area contributed by atoms with Crippen molar-refractivity contribution in [1.82, 2.24) is 4.57 Å². The average molecular weight is 497 g/mol. The maximum absolute atomic E-state index is 13.7. The molecule has 5 rings (SSSR count). The van der Waals surface area contributed by atoms with Gasteiger partial charge in [-0.25, -0.2) is 9.79 Å². The van der Waals surface area contributed by atoms with E-state index in [0.717, 1.165) is 16.9 Å². The first-order valence-electron chi connectivity index (χ1n) is 11.6. The van der Waals surface area contributed by atoms with E-state index in [1.165, 1.54) is 11.3 Å². The smallest absolute Gasteiger partial charge is 0.338 e. The van der Waals surface area contributed by atoms with Crippen LogP contribution in [0, 0.1) is 0 Å². The van der Waals surface area contributed by atoms with Crippen molar-refractivity contribution in [3.05, 3.63) is 127 Å². The predicted octanol–water partition coefficient (Wildman–Crippen LogP) is 4.59. The molecule has 0 amide bonds. The van der Waals surface area contributed by atoms with Crippen molar-refractivity contribution in [3.63, 3.8) is 0 Å². The lowest BCUT2D eigenvalue weighted by atomic mass is 9.96. The van der Waals surface area contributed by atoms with Gasteiger partial charge in [0.1, 0.15) is 11.5 Å². The number of ether oxygens (including phenoxy) is 2. The average Bonchev–Trinajstić information content (AvgIpc) is 3.19. The minimum atomic E-state index is -0.614. The van der Waals surface area contributed by atoms with E-state index in [-0.39, 0.29) is 12.2 Å². The fraction of sp³-hybridized carbons (Fsp3) is 0.138. The van der Waals surface area contributed by atoms with Crippen LogP contribution in [0.2, 0.25) is 0 Å². The highest BCUT2D eigenvalue weighted by molar-refractivity contribution is 7.07. The van der Waals surface area contributed by atoms with Gasteiger partial charge in [-0.1, -0.05) is 72.0 Å². The van der Waals surface area contributed by atoms with Gasteiger partial charge in [0.05, 0.1) is 28.5 Å². The molecule has 0 N–H and O–H groups in total. The number of benzene rings is 3. The Bertz CT molecular complexity index is 1620. The zero-order chi connectivity index (χ0) is 25.1. The van der Waals surface area contributed by atoms with Crippen molar-refractivity contribution in [2.24, 2.45) is 4.99 Å². The van der Waals surface area contributed by atoms with Crippen molar-refractivity contribution >= 4 is 23.4 Å². The molecule has 0 saturated carbocycles. The Morgan fingerprint density at radius 1 is 1.00 bits per heavy atom. The number of hydrogen-bond acceptors (Lipinski definition) is 6. The molecule has 6 nitrogen and oxygen atoms in total. The fourth-order valence-electron chi connectivity index (χ4n) is 4.19. The molecule has 180 valence electrons. The number of rotatable bonds is 6. The summed E-state index contributed by atoms with van der Waals surface area (Å²) in [5.41, 5.74) is 2.36. The van der Waals surface area contributed by atoms with Crippen LogP contribution >= 0.6 is 11.3 Å². The van der Waals surface area contributed by atoms with Crippen LogP contribution in [-0.4, -0.2) is 17.1 Å². The summed E-state index contributed by atoms with van der Waals surface area (Å²) in [5, 5.41) is 0. The van der Waals surface area contributed by atoms with E-state index in [1.807, 2.05) is 91.0 Å². The molecular weight excluding hydrogens is 472 g/mol. The second-order valence-corrected chi connectivity index (χ2v) is 9.21. The van der Waals surface area contributed by atoms with E-state index in [4.69, 9.17) is 9.47 Å². The van der Waals surface area contributed by atoms with E-state index < -0.39 is 12.0 Å². The number of aromatic nitrogens is 1. The highest BCUT2D eigenvalue weighted by atomic mass is 32.1. The van der Waals surface area contributed by atoms with Crippen LogP contribution in [0.1, 0.15) is 31.0 Å². The molecule has 3 aromatic carbocycles. The third-order valence-corrected chi connectivity index (χ3v) is 6.75. The van der Waals surface area contributed by atoms with Crippen LogP contribution in [0.5, 0.6) is 11.5 Å². The van der Waals surface area contributed by atoms with Gasteiger partial charge in [-0.2, -0.15) is 0 Å². The highest BCUT2D eigenvalue weighted by Gasteiger charge is 2.33. The Labute approximate surface area is 212 Å². The Balaban J connectivity index is 1.60. The summed E-state index contributed by atoms with van der Waals surface area (Å²) in [6.07, 6.45) is 1.83. The molecular formula is C29H24N2O4S. The highest BCUT2D eigenvalue weighted by Crippen LogP contribution is 2.30. The molecule has 0 radical (unpaired) electrons. The number of carbonyl (C=O) groups is 1. The summed E-state index contributed by atoms with van der Waals surface area (Å²) in [7, 11) is 0. The van der Waals surface area contributed by atoms with Gasteiger partial charge >= 0.3 is 5.97 Å². The van der Waals surface area contributed by atoms with Gasteiger partial charge in [0.2, 0.25) is 0 Å². The molecule has 7 heteroatoms. The minimum Gasteiger partial charge on any atom is -0.463 e. The first-order valence-corrected chi connectivity index (χ1v) is 12.4. The number of hydrogen-bond donors (Lipinski definition) is 0. The predicted molar refractivity (Wildman–Crippen MR) is 140 cm³/mol. The SMILES string of the molecule is CCOC(=O)C1=C(C)N=c2s/c(=C\c3cccc(Oc4ccccc4)c3)c(=O)n2[C@H]1c1ccccc1. The van der Waals surface area contributed by atoms with Gasteiger partial charge in [0.15, 0.2) is 4.80 Å². The first kappa shape index (κ1) is 23.5. The monoisotopic (exact) mass is 496 g/mol. The Kier molecular flexibility index (Phi) is 6.64. The fourth-order valence-corrected chi connectivity index (χ4v) is 5.23. The molecule has 1 atom stereocenters. The van der Waals surface area contributed by atoms with Gasteiger partial charge in [-0.3, -0.25) is 9.36 Å². The summed E-state index contributed by atoms with van der Waals surface area (Å²) >= 11 is 1.30. The summed E-state index contributed by atoms with van der Waals surface area (Å²) in [6.45, 7) is 3.78. The second-order valence-electron chi connectivity index (χ2n) is 8.20. The summed E-state index contributed by atoms with van der Waals surface area (Å²) in [4.78, 5) is 31.8. The first-order chi connectivity index (χ1) is 17.5. The molecule has 0 aliphatic carbocycles. The number of allylic oxidation sites excluding steroid dienone is 1. The number of thiazole rings is 1. The Hall–Kier alpha value is -4.23. The molecule has 0 saturated heterocycles. The van der Waals surface area contributed by atoms with E-state index in [1.54, 1.807) is 18.4 Å². The van der Waals surface area contributed by atoms with Gasteiger partial charge in [-0.05, 0) is 55.3 Å². The Morgan fingerprint density at radius 2 is 1.69 bits per heavy atom. The minimum absolute atomic E-state index is 0.212. The topological polar surface area (TPSA) is 69.9 Å². The van der Waals surface area contributed by atoms with Crippen molar-refractivity contribution in [3.8, 4) is 11.5 Å². The van der Waals surface area contributed by atoms with Crippen LogP contribution in [0.15, 0.2) is 106 Å². The molecule has 2 heterocycles. The van der Waals surface area contributed by atoms with Crippen LogP contribution in [-0.2, 0) is 9.53 Å². The maximum atomic E-state index is 13.7. The number of para-hydroxylation sites is 1. The lowest BCUT2D eigenvalue weighted by Crippen LogP contribution is -2.39. The quantitative estimate of drug-likeness (QED) is 0.366. The molecule has 4 aromatic rings. The summed E-state index contributed by atoms with van der Waals surface area (Å²) < 4.78 is 13.4. The number of fused-ring (bicyclic) bond motifs is 1. The van der Waals surface area contributed by atoms with Gasteiger partial charge in [0.25, 0.3) is 5.56 Å². The second kappa shape index (κ2) is 10.2. The van der Waals surface area contributed by atoms with E-state index in [0.29, 0.717) is 26.4 Å². The number of esters is 1. The third-order valence-electron chi connectivity index (χ3n) is 5.77. The van der Waals surface area contributed by atoms with Crippen molar-refractivity contribution < 1.29 is 14.3 Å². The van der Waals surface area contributed by atoms with E-state index in [2.05, 4.69) is 4.99 Å². The molecule has 0 bridgehead atoms. The van der Waals surface area contributed by atoms with Crippen LogP contribution in [0.4, 0.5) is 0 Å². The van der Waals surface area contributed by atoms with Crippen LogP contribution in [0.25, 0.3) is 6.08 Å². The maximum Gasteiger partial charge on any atom is 0.338 e. The standard InChI is InChI=1S/C29H24N2O4S/c1-3-34-28(33)25-19(2)30-29-31(26(25)21-12-6-4-7-13-21)27(32)24(36-29)18-20-11-10-16-23(17-20)35-22-14-8-5-9-15-22/h4-18,26H,3H2,1-2H3/b24-18-/t26-/m0/s1. The lowest BCUT2D eigenvalue weighted by Gasteiger charge is -2.24. The third kappa shape index (κ3) is 4.65. The van der Waals surface area contributed by atoms with Crippen molar-refractivity contribution in [2.45, 2.75) is 19.9 Å². The lowest BCUT2D eigenvalue weighted by molar-refractivity contribution is -0.139. The molecule has 1 aliphatic heterocycles. The van der Waals surface area contributed by atoms with Gasteiger partial charge in [0, 0.05) is 0 Å². The zero-order valence-corrected chi connectivity index (χ0v) is 20.7. The van der Waals surface area contributed by atoms with Crippen LogP contribution < -0.4 is 19.6 Å². The van der Waals surface area contributed by atoms with Crippen molar-refractivity contribution in [1.29, 1.82) is 0 Å². The van der Waals surface area contributed by atoms with Crippen molar-refractivity contribution in [2.75, 3.05) is 6.61 Å². The van der Waals surface area contributed by atoms with E-state index in [9.17, 15) is 9.59 Å². The molecule has 0 fully saturated rings. The van der Waals surface area contributed by atoms with E-state index >= 15 is 0 Å². The molecule has 1 aliphatic rings. The molecule has 0 unspecified atom stereocenters. The summed E-state index contributed by atoms with van der Waals surface area (Å²) in [6, 6.07) is 26.0. The zero-order valence-electron chi connectivity index (χ0n) is 19.9. The molecule has 0 spiro atoms. The molecule has 36 heavy (non-hydrogen) atoms. The Morgan fingerprint density at radius 3 is 2.42 bits per heavy atom. The number of carbonyl (C=O) groups excluding carboxylic acids is 1. The van der Waals surface area contributed by atoms with Gasteiger partial charge in [-0.15, -0.1) is 0 Å². The normalized spacial score (nSPS) is 15.3. The van der Waals surface area contributed by atoms with Crippen LogP contribution in [0.3, 0.4) is 0 Å². The van der Waals surface area contributed by atoms with Gasteiger partial charge < -0.3 is 9.47 Å². The largest absolute Gasteiger partial charge is 0.463 e. The summed E-state index contributed by atoms with van der Waals surface area (Å²) in [5.74, 6) is 0.942.